The highest BCUT2D eigenvalue weighted by molar-refractivity contribution is 6.70. The van der Waals surface area contributed by atoms with Crippen LogP contribution in [0.3, 0.4) is 0 Å². The summed E-state index contributed by atoms with van der Waals surface area (Å²) in [5.74, 6) is -0.115. The predicted molar refractivity (Wildman–Crippen MR) is 171 cm³/mol. The van der Waals surface area contributed by atoms with Crippen LogP contribution in [0.2, 0.25) is 0 Å². The first-order chi connectivity index (χ1) is 19.1. The van der Waals surface area contributed by atoms with Crippen LogP contribution in [-0.2, 0) is 9.47 Å². The van der Waals surface area contributed by atoms with Crippen molar-refractivity contribution in [1.29, 1.82) is 10.8 Å². The molecule has 6 N–H and O–H groups in total. The summed E-state index contributed by atoms with van der Waals surface area (Å²) in [6.07, 6.45) is -1.26. The Hall–Kier alpha value is -3.96. The highest BCUT2D eigenvalue weighted by Gasteiger charge is 2.40. The van der Waals surface area contributed by atoms with Gasteiger partial charge in [-0.1, -0.05) is 24.3 Å². The predicted octanol–water partition coefficient (Wildman–Crippen LogP) is 4.76. The fourth-order valence-corrected chi connectivity index (χ4v) is 3.58. The van der Waals surface area contributed by atoms with Gasteiger partial charge in [0.25, 0.3) is 0 Å². The molecular weight excluding hydrogens is 532 g/mol. The van der Waals surface area contributed by atoms with Crippen LogP contribution in [0.15, 0.2) is 44.7 Å². The van der Waals surface area contributed by atoms with E-state index in [2.05, 4.69) is 42.1 Å². The first-order valence-electron chi connectivity index (χ1n) is 14.1. The Labute approximate surface area is 249 Å². The largest absolute Gasteiger partial charge is 0.461 e. The zero-order valence-corrected chi connectivity index (χ0v) is 27.1. The number of nitrogens with zero attached hydrogens (tertiary/aromatic N) is 4. The number of rotatable bonds is 6. The molecule has 2 aliphatic heterocycles. The molecule has 0 aromatic heterocycles. The quantitative estimate of drug-likeness (QED) is 0.266. The molecule has 2 saturated heterocycles. The van der Waals surface area contributed by atoms with E-state index in [4.69, 9.17) is 20.3 Å². The molecule has 0 aliphatic carbocycles. The Morgan fingerprint density at radius 2 is 0.762 bits per heavy atom. The van der Waals surface area contributed by atoms with Gasteiger partial charge in [-0.3, -0.25) is 10.8 Å². The van der Waals surface area contributed by atoms with E-state index < -0.39 is 12.2 Å². The molecule has 2 heterocycles. The molecule has 1 aromatic rings. The maximum absolute atomic E-state index is 8.50. The van der Waals surface area contributed by atoms with Crippen molar-refractivity contribution in [1.82, 2.24) is 21.7 Å². The van der Waals surface area contributed by atoms with Gasteiger partial charge in [0, 0.05) is 22.2 Å². The Morgan fingerprint density at radius 1 is 0.500 bits per heavy atom. The topological polar surface area (TPSA) is 164 Å². The molecule has 0 unspecified atom stereocenters. The van der Waals surface area contributed by atoms with Crippen molar-refractivity contribution in [3.63, 3.8) is 0 Å². The monoisotopic (exact) mass is 580 g/mol. The average molecular weight is 581 g/mol. The molecule has 1 aromatic carbocycles. The first kappa shape index (κ1) is 32.6. The maximum atomic E-state index is 8.50. The summed E-state index contributed by atoms with van der Waals surface area (Å²) in [6, 6.07) is 7.63. The average Bonchev–Trinajstić information content (AvgIpc) is 3.32. The number of hydrogen-bond acceptors (Lipinski definition) is 12. The lowest BCUT2D eigenvalue weighted by Gasteiger charge is -2.21. The van der Waals surface area contributed by atoms with Gasteiger partial charge in [0.05, 0.1) is 0 Å². The number of benzene rings is 1. The number of hydrazone groups is 4. The number of ether oxygens (including phenoxy) is 2. The highest BCUT2D eigenvalue weighted by atomic mass is 16.5. The molecular formula is C30H48N10O2. The third-order valence-corrected chi connectivity index (χ3v) is 5.46. The fraction of sp³-hybridized carbons (Fsp3) is 0.600. The van der Waals surface area contributed by atoms with Gasteiger partial charge in [-0.15, -0.1) is 0 Å². The minimum atomic E-state index is -0.631. The van der Waals surface area contributed by atoms with Gasteiger partial charge in [0.15, 0.2) is 23.6 Å². The third-order valence-electron chi connectivity index (χ3n) is 5.46. The van der Waals surface area contributed by atoms with Gasteiger partial charge in [-0.05, 0) is 94.2 Å². The minimum Gasteiger partial charge on any atom is -0.461 e. The molecule has 3 rings (SSSR count). The van der Waals surface area contributed by atoms with Gasteiger partial charge in [0.2, 0.25) is 11.8 Å². The molecule has 2 atom stereocenters. The van der Waals surface area contributed by atoms with E-state index in [-0.39, 0.29) is 34.0 Å². The van der Waals surface area contributed by atoms with Crippen LogP contribution in [0.25, 0.3) is 0 Å². The zero-order valence-electron chi connectivity index (χ0n) is 27.1. The van der Waals surface area contributed by atoms with E-state index in [0.29, 0.717) is 22.8 Å². The summed E-state index contributed by atoms with van der Waals surface area (Å²) in [6.45, 7) is 24.0. The van der Waals surface area contributed by atoms with Gasteiger partial charge >= 0.3 is 0 Å². The van der Waals surface area contributed by atoms with Crippen LogP contribution >= 0.6 is 0 Å². The fourth-order valence-electron chi connectivity index (χ4n) is 3.58. The standard InChI is InChI=1S/C30H48N10O2/c1-27(2,3)37-33-19-21(35-39-29(7,8)9)25(31)41-23(19)17-13-15-18(16-14-17)24-20(34-38-28(4,5)6)22(26(32)42-24)36-40-30(10,11)12/h13-16,23-24,31-32,37-40H,1-12H3/b31-25?,32-26?,33-19-,34-20?,35-21+,36-22+/t23-,24-/m1/s1. The van der Waals surface area contributed by atoms with Crippen LogP contribution in [0, 0.1) is 10.8 Å². The van der Waals surface area contributed by atoms with Crippen molar-refractivity contribution in [2.45, 2.75) is 117 Å². The van der Waals surface area contributed by atoms with Crippen molar-refractivity contribution in [2.24, 2.45) is 20.4 Å². The Morgan fingerprint density at radius 3 is 1.02 bits per heavy atom. The summed E-state index contributed by atoms with van der Waals surface area (Å²) in [4.78, 5) is 0. The van der Waals surface area contributed by atoms with E-state index in [1.54, 1.807) is 0 Å². The van der Waals surface area contributed by atoms with E-state index in [1.165, 1.54) is 0 Å². The van der Waals surface area contributed by atoms with Gasteiger partial charge in [-0.25, -0.2) is 0 Å². The van der Waals surface area contributed by atoms with Crippen LogP contribution in [0.5, 0.6) is 0 Å². The van der Waals surface area contributed by atoms with Crippen molar-refractivity contribution in [2.75, 3.05) is 0 Å². The maximum Gasteiger partial charge on any atom is 0.237 e. The van der Waals surface area contributed by atoms with E-state index in [1.807, 2.05) is 107 Å². The van der Waals surface area contributed by atoms with Crippen molar-refractivity contribution >= 4 is 34.6 Å². The second-order valence-corrected chi connectivity index (χ2v) is 14.7. The van der Waals surface area contributed by atoms with Gasteiger partial charge in [0.1, 0.15) is 11.4 Å². The second-order valence-electron chi connectivity index (χ2n) is 14.7. The Balaban J connectivity index is 1.98. The third kappa shape index (κ3) is 9.02. The molecule has 0 spiro atoms. The second kappa shape index (κ2) is 11.7. The van der Waals surface area contributed by atoms with E-state index >= 15 is 0 Å². The molecule has 0 radical (unpaired) electrons. The van der Waals surface area contributed by atoms with Gasteiger partial charge < -0.3 is 31.2 Å². The lowest BCUT2D eigenvalue weighted by Crippen LogP contribution is -2.36. The Kier molecular flexibility index (Phi) is 9.09. The molecule has 12 nitrogen and oxygen atoms in total. The number of hydrogen-bond donors (Lipinski definition) is 6. The SMILES string of the molecule is CC(C)(C)NN=C1/C(=N\NC(C)(C)C)C(=N)O[C@@H]1c1ccc([C@H]2OC(=N)C(=N/NC(C)(C)C)/C2=N/NC(C)(C)C)cc1. The zero-order chi connectivity index (χ0) is 31.7. The molecule has 0 amide bonds. The lowest BCUT2D eigenvalue weighted by atomic mass is 9.98. The van der Waals surface area contributed by atoms with Crippen LogP contribution in [0.1, 0.15) is 106 Å². The minimum absolute atomic E-state index is 0.0577. The summed E-state index contributed by atoms with van der Waals surface area (Å²) >= 11 is 0. The summed E-state index contributed by atoms with van der Waals surface area (Å²) in [5, 5.41) is 35.2. The van der Waals surface area contributed by atoms with E-state index in [0.717, 1.165) is 11.1 Å². The Bertz CT molecular complexity index is 1200. The normalized spacial score (nSPS) is 23.9. The van der Waals surface area contributed by atoms with Crippen molar-refractivity contribution < 1.29 is 9.47 Å². The van der Waals surface area contributed by atoms with Crippen molar-refractivity contribution in [3.8, 4) is 0 Å². The number of nitrogens with one attached hydrogen (secondary N) is 6. The summed E-state index contributed by atoms with van der Waals surface area (Å²) in [7, 11) is 0. The van der Waals surface area contributed by atoms with Crippen LogP contribution in [0.4, 0.5) is 0 Å². The van der Waals surface area contributed by atoms with Crippen molar-refractivity contribution in [3.05, 3.63) is 35.4 Å². The van der Waals surface area contributed by atoms with E-state index in [9.17, 15) is 0 Å². The molecule has 230 valence electrons. The van der Waals surface area contributed by atoms with Crippen LogP contribution < -0.4 is 21.7 Å². The molecule has 12 heteroatoms. The van der Waals surface area contributed by atoms with Gasteiger partial charge in [-0.2, -0.15) is 20.4 Å². The summed E-state index contributed by atoms with van der Waals surface area (Å²) in [5.41, 5.74) is 14.6. The highest BCUT2D eigenvalue weighted by Crippen LogP contribution is 2.31. The first-order valence-corrected chi connectivity index (χ1v) is 14.1. The smallest absolute Gasteiger partial charge is 0.237 e. The lowest BCUT2D eigenvalue weighted by molar-refractivity contribution is 0.269. The molecule has 0 bridgehead atoms. The van der Waals surface area contributed by atoms with Crippen LogP contribution in [-0.4, -0.2) is 56.8 Å². The molecule has 2 fully saturated rings. The summed E-state index contributed by atoms with van der Waals surface area (Å²) < 4.78 is 12.0. The molecule has 42 heavy (non-hydrogen) atoms. The molecule has 2 aliphatic rings. The molecule has 0 saturated carbocycles.